The molecule has 0 spiro atoms. The van der Waals surface area contributed by atoms with E-state index in [2.05, 4.69) is 21.3 Å². The van der Waals surface area contributed by atoms with Gasteiger partial charge in [0, 0.05) is 59.4 Å². The highest BCUT2D eigenvalue weighted by molar-refractivity contribution is 7.89. The number of amides is 4. The van der Waals surface area contributed by atoms with Crippen molar-refractivity contribution in [2.45, 2.75) is 134 Å². The number of anilines is 1. The van der Waals surface area contributed by atoms with Gasteiger partial charge >= 0.3 is 12.0 Å². The van der Waals surface area contributed by atoms with Crippen LogP contribution in [0.2, 0.25) is 0 Å². The number of urea groups is 1. The fourth-order valence-corrected chi connectivity index (χ4v) is 12.2. The Balaban J connectivity index is 1.18. The number of nitrogens with one attached hydrogen (secondary N) is 4. The van der Waals surface area contributed by atoms with E-state index in [4.69, 9.17) is 19.4 Å². The minimum absolute atomic E-state index is 0.0154. The van der Waals surface area contributed by atoms with Crippen molar-refractivity contribution in [3.05, 3.63) is 58.1 Å². The van der Waals surface area contributed by atoms with E-state index in [-0.39, 0.29) is 49.8 Å². The summed E-state index contributed by atoms with van der Waals surface area (Å²) in [5.41, 5.74) is 1.15. The number of sulfonamides is 1. The Hall–Kier alpha value is -5.31. The first-order valence-corrected chi connectivity index (χ1v) is 25.6. The van der Waals surface area contributed by atoms with Crippen LogP contribution >= 0.6 is 22.7 Å². The molecule has 4 aromatic rings. The van der Waals surface area contributed by atoms with Gasteiger partial charge in [0.15, 0.2) is 5.13 Å². The Morgan fingerprint density at radius 3 is 2.53 bits per heavy atom. The average molecular weight is 965 g/mol. The molecule has 7 rings (SSSR count). The van der Waals surface area contributed by atoms with Crippen molar-refractivity contribution in [2.75, 3.05) is 25.5 Å². The highest BCUT2D eigenvalue weighted by Crippen LogP contribution is 2.37. The third-order valence-electron chi connectivity index (χ3n) is 12.0. The average Bonchev–Trinajstić information content (AvgIpc) is 4.06. The summed E-state index contributed by atoms with van der Waals surface area (Å²) in [6.07, 6.45) is 6.98. The van der Waals surface area contributed by atoms with Crippen molar-refractivity contribution in [3.8, 4) is 22.9 Å². The standard InChI is InChI=1S/C46H60N8O9S3/c1-27(2)47-45-51-35(26-65-45)34-22-37(30-17-16-28(62-6)20-33(30)48-34)63-29-21-36-41(55)49-32(43(57)58)15-13-11-9-7-8-10-12-14-31(42(56)54(36)23-29)50-44(59)52-40(46(3,4)5)25-53-24-38-39(18-19-64-38)66(53,60)61/h9,11,16-20,22,26-27,29,31-32,36,40H,7-8,10,12-15,21,23-25H2,1-6H3,(H,47,51)(H,49,55)(H,57,58)(H2,50,52,59)/b11-9-/t29-,31+,32+,36+,40?/m1/s1. The Labute approximate surface area is 393 Å². The maximum Gasteiger partial charge on any atom is 0.326 e. The second-order valence-electron chi connectivity index (χ2n) is 18.4. The molecule has 5 N–H and O–H groups in total. The third kappa shape index (κ3) is 11.4. The molecule has 1 unspecified atom stereocenters. The molecule has 4 amide bonds. The van der Waals surface area contributed by atoms with E-state index in [9.17, 15) is 32.7 Å². The molecule has 0 saturated carbocycles. The Morgan fingerprint density at radius 1 is 1.02 bits per heavy atom. The summed E-state index contributed by atoms with van der Waals surface area (Å²) in [7, 11) is -2.18. The summed E-state index contributed by atoms with van der Waals surface area (Å²) in [6, 6.07) is 4.23. The summed E-state index contributed by atoms with van der Waals surface area (Å²) >= 11 is 2.82. The lowest BCUT2D eigenvalue weighted by atomic mass is 9.86. The van der Waals surface area contributed by atoms with E-state index in [1.54, 1.807) is 36.8 Å². The van der Waals surface area contributed by atoms with Crippen LogP contribution in [0.5, 0.6) is 11.5 Å². The number of rotatable bonds is 11. The number of carbonyl (C=O) groups is 4. The summed E-state index contributed by atoms with van der Waals surface area (Å²) in [4.78, 5) is 67.8. The van der Waals surface area contributed by atoms with Crippen LogP contribution in [-0.4, -0.2) is 113 Å². The molecule has 1 aromatic carbocycles. The van der Waals surface area contributed by atoms with Gasteiger partial charge in [-0.15, -0.1) is 22.7 Å². The van der Waals surface area contributed by atoms with Crippen LogP contribution < -0.4 is 30.7 Å². The van der Waals surface area contributed by atoms with Gasteiger partial charge in [-0.3, -0.25) is 9.59 Å². The molecule has 3 aliphatic rings. The monoisotopic (exact) mass is 964 g/mol. The number of nitrogens with zero attached hydrogens (tertiary/aromatic N) is 4. The molecular weight excluding hydrogens is 905 g/mol. The van der Waals surface area contributed by atoms with E-state index in [0.29, 0.717) is 46.6 Å². The fraction of sp³-hybridized carbons (Fsp3) is 0.522. The number of ether oxygens (including phenoxy) is 2. The number of fused-ring (bicyclic) bond motifs is 3. The molecule has 66 heavy (non-hydrogen) atoms. The molecule has 0 radical (unpaired) electrons. The van der Waals surface area contributed by atoms with Gasteiger partial charge in [0.05, 0.1) is 29.8 Å². The van der Waals surface area contributed by atoms with Gasteiger partial charge in [-0.1, -0.05) is 45.8 Å². The highest BCUT2D eigenvalue weighted by atomic mass is 32.2. The first kappa shape index (κ1) is 48.6. The van der Waals surface area contributed by atoms with Gasteiger partial charge in [-0.05, 0) is 74.9 Å². The zero-order valence-electron chi connectivity index (χ0n) is 38.2. The molecule has 5 atom stereocenters. The molecule has 3 aliphatic heterocycles. The minimum Gasteiger partial charge on any atom is -0.497 e. The van der Waals surface area contributed by atoms with Crippen LogP contribution in [-0.2, 0) is 31.0 Å². The largest absolute Gasteiger partial charge is 0.497 e. The molecule has 0 aliphatic carbocycles. The lowest BCUT2D eigenvalue weighted by Gasteiger charge is -2.35. The minimum atomic E-state index is -3.75. The number of aromatic nitrogens is 2. The predicted octanol–water partition coefficient (Wildman–Crippen LogP) is 6.75. The van der Waals surface area contributed by atoms with Crippen LogP contribution in [0.1, 0.15) is 90.9 Å². The number of allylic oxidation sites excluding steroid dienone is 2. The lowest BCUT2D eigenvalue weighted by molar-refractivity contribution is -0.144. The number of hydrogen-bond acceptors (Lipinski definition) is 13. The Morgan fingerprint density at radius 2 is 1.80 bits per heavy atom. The van der Waals surface area contributed by atoms with E-state index in [1.165, 1.54) is 31.9 Å². The topological polar surface area (TPSA) is 221 Å². The molecule has 1 fully saturated rings. The quantitative estimate of drug-likeness (QED) is 0.0986. The van der Waals surface area contributed by atoms with E-state index in [1.807, 2.05) is 58.2 Å². The van der Waals surface area contributed by atoms with Gasteiger partial charge in [-0.2, -0.15) is 4.31 Å². The highest BCUT2D eigenvalue weighted by Gasteiger charge is 2.45. The van der Waals surface area contributed by atoms with Crippen molar-refractivity contribution in [1.29, 1.82) is 0 Å². The molecular formula is C46H60N8O9S3. The lowest BCUT2D eigenvalue weighted by Crippen LogP contribution is -2.59. The SMILES string of the molecule is COc1ccc2c(O[C@@H]3C[C@H]4C(=O)N[C@H](C(=O)O)CC/C=C\CCCCC[C@H](NC(=O)NC(CN5Cc6sccc6S5(=O)=O)C(C)(C)C)C(=O)N4C3)cc(-c3csc(NC(C)C)n3)nc2c1. The van der Waals surface area contributed by atoms with Crippen molar-refractivity contribution in [3.63, 3.8) is 0 Å². The number of thiazole rings is 1. The maximum absolute atomic E-state index is 15.0. The number of carbonyl (C=O) groups excluding carboxylic acids is 3. The van der Waals surface area contributed by atoms with E-state index < -0.39 is 69.5 Å². The van der Waals surface area contributed by atoms with Gasteiger partial charge in [-0.25, -0.2) is 28.0 Å². The number of carboxylic acids is 1. The summed E-state index contributed by atoms with van der Waals surface area (Å²) in [5, 5.41) is 27.1. The Kier molecular flexibility index (Phi) is 15.2. The number of thiophene rings is 1. The number of methoxy groups -OCH3 is 1. The summed E-state index contributed by atoms with van der Waals surface area (Å²) in [5.74, 6) is -1.34. The molecule has 17 nitrogen and oxygen atoms in total. The van der Waals surface area contributed by atoms with Gasteiger partial charge < -0.3 is 40.7 Å². The van der Waals surface area contributed by atoms with Crippen LogP contribution in [0.15, 0.2) is 58.1 Å². The zero-order valence-corrected chi connectivity index (χ0v) is 40.6. The number of aliphatic carboxylic acids is 1. The van der Waals surface area contributed by atoms with E-state index >= 15 is 0 Å². The number of carboxylic acid groups (broad SMARTS) is 1. The second kappa shape index (κ2) is 20.7. The third-order valence-corrected chi connectivity index (χ3v) is 15.8. The van der Waals surface area contributed by atoms with Gasteiger partial charge in [0.1, 0.15) is 41.4 Å². The first-order chi connectivity index (χ1) is 31.4. The molecule has 0 bridgehead atoms. The second-order valence-corrected chi connectivity index (χ2v) is 22.2. The molecule has 6 heterocycles. The maximum atomic E-state index is 15.0. The fourth-order valence-electron chi connectivity index (χ4n) is 8.38. The van der Waals surface area contributed by atoms with Gasteiger partial charge in [0.25, 0.3) is 0 Å². The molecule has 356 valence electrons. The number of hydrogen-bond donors (Lipinski definition) is 5. The Bertz CT molecular complexity index is 2550. The number of pyridine rings is 1. The van der Waals surface area contributed by atoms with Crippen molar-refractivity contribution in [1.82, 2.24) is 35.1 Å². The van der Waals surface area contributed by atoms with Crippen LogP contribution in [0, 0.1) is 5.41 Å². The predicted molar refractivity (Wildman–Crippen MR) is 254 cm³/mol. The van der Waals surface area contributed by atoms with Crippen molar-refractivity contribution < 1.29 is 42.2 Å². The summed E-state index contributed by atoms with van der Waals surface area (Å²) in [6.45, 7) is 9.94. The molecule has 3 aromatic heterocycles. The van der Waals surface area contributed by atoms with Gasteiger partial charge in [0.2, 0.25) is 21.8 Å². The zero-order chi connectivity index (χ0) is 47.3. The smallest absolute Gasteiger partial charge is 0.326 e. The number of benzene rings is 1. The van der Waals surface area contributed by atoms with Crippen LogP contribution in [0.4, 0.5) is 9.93 Å². The molecule has 1 saturated heterocycles. The molecule has 20 heteroatoms. The van der Waals surface area contributed by atoms with Crippen LogP contribution in [0.3, 0.4) is 0 Å². The van der Waals surface area contributed by atoms with E-state index in [0.717, 1.165) is 29.3 Å². The van der Waals surface area contributed by atoms with Crippen molar-refractivity contribution in [2.24, 2.45) is 5.41 Å². The van der Waals surface area contributed by atoms with Crippen LogP contribution in [0.25, 0.3) is 22.3 Å². The first-order valence-electron chi connectivity index (χ1n) is 22.4. The summed E-state index contributed by atoms with van der Waals surface area (Å²) < 4.78 is 40.5. The normalized spacial score (nSPS) is 22.9. The van der Waals surface area contributed by atoms with Crippen molar-refractivity contribution >= 4 is 72.5 Å².